The predicted molar refractivity (Wildman–Crippen MR) is 105 cm³/mol. The monoisotopic (exact) mass is 374 g/mol. The number of hydrogen-bond acceptors (Lipinski definition) is 4. The van der Waals surface area contributed by atoms with Crippen LogP contribution in [0.1, 0.15) is 19.8 Å². The van der Waals surface area contributed by atoms with Gasteiger partial charge in [-0.1, -0.05) is 11.8 Å². The molecule has 2 amide bonds. The molecule has 0 aliphatic carbocycles. The number of urea groups is 1. The quantitative estimate of drug-likeness (QED) is 0.780. The molecule has 0 atom stereocenters. The van der Waals surface area contributed by atoms with Gasteiger partial charge in [-0.05, 0) is 49.9 Å². The zero-order valence-corrected chi connectivity index (χ0v) is 16.2. The Hall–Kier alpha value is -2.15. The predicted octanol–water partition coefficient (Wildman–Crippen LogP) is 3.86. The molecule has 2 aromatic rings. The van der Waals surface area contributed by atoms with E-state index in [-0.39, 0.29) is 6.03 Å². The van der Waals surface area contributed by atoms with Crippen molar-refractivity contribution < 1.29 is 9.53 Å². The number of carbonyl (C=O) groups excluding carboxylic acids is 1. The van der Waals surface area contributed by atoms with Crippen LogP contribution < -0.4 is 10.1 Å². The Bertz CT molecular complexity index is 709. The molecule has 1 fully saturated rings. The minimum Gasteiger partial charge on any atom is -0.494 e. The summed E-state index contributed by atoms with van der Waals surface area (Å²) in [6.45, 7) is 4.19. The normalized spacial score (nSPS) is 15.1. The molecule has 0 bridgehead atoms. The number of hydrogen-bond donors (Lipinski definition) is 1. The lowest BCUT2D eigenvalue weighted by molar-refractivity contribution is 0.187. The van der Waals surface area contributed by atoms with Crippen LogP contribution in [0.3, 0.4) is 0 Å². The van der Waals surface area contributed by atoms with Crippen LogP contribution in [-0.2, 0) is 7.05 Å². The summed E-state index contributed by atoms with van der Waals surface area (Å²) in [6.07, 6.45) is 5.87. The van der Waals surface area contributed by atoms with Crippen LogP contribution >= 0.6 is 11.8 Å². The van der Waals surface area contributed by atoms with Gasteiger partial charge < -0.3 is 19.5 Å². The number of rotatable bonds is 6. The van der Waals surface area contributed by atoms with Crippen molar-refractivity contribution in [2.24, 2.45) is 13.0 Å². The molecule has 1 aromatic carbocycles. The van der Waals surface area contributed by atoms with E-state index in [4.69, 9.17) is 4.74 Å². The maximum absolute atomic E-state index is 12.4. The second-order valence-electron chi connectivity index (χ2n) is 6.45. The topological polar surface area (TPSA) is 59.4 Å². The first-order chi connectivity index (χ1) is 12.7. The van der Waals surface area contributed by atoms with Crippen molar-refractivity contribution in [3.63, 3.8) is 0 Å². The van der Waals surface area contributed by atoms with Gasteiger partial charge in [0.15, 0.2) is 5.16 Å². The molecule has 0 spiro atoms. The van der Waals surface area contributed by atoms with Crippen molar-refractivity contribution in [3.05, 3.63) is 36.7 Å². The number of aromatic nitrogens is 2. The van der Waals surface area contributed by atoms with Gasteiger partial charge in [-0.3, -0.25) is 0 Å². The zero-order valence-electron chi connectivity index (χ0n) is 15.4. The van der Waals surface area contributed by atoms with Gasteiger partial charge in [0, 0.05) is 44.0 Å². The molecule has 2 heterocycles. The minimum absolute atomic E-state index is 0.0237. The fraction of sp³-hybridized carbons (Fsp3) is 0.474. The number of piperidine rings is 1. The van der Waals surface area contributed by atoms with E-state index in [0.717, 1.165) is 48.3 Å². The second kappa shape index (κ2) is 8.98. The third-order valence-corrected chi connectivity index (χ3v) is 5.83. The molecule has 1 aromatic heterocycles. The number of anilines is 1. The summed E-state index contributed by atoms with van der Waals surface area (Å²) in [5.41, 5.74) is 0.797. The lowest BCUT2D eigenvalue weighted by Crippen LogP contribution is -2.41. The number of imidazole rings is 1. The number of thioether (sulfide) groups is 1. The summed E-state index contributed by atoms with van der Waals surface area (Å²) in [5, 5.41) is 4.03. The van der Waals surface area contributed by atoms with Crippen molar-refractivity contribution in [2.75, 3.05) is 30.8 Å². The highest BCUT2D eigenvalue weighted by Crippen LogP contribution is 2.26. The largest absolute Gasteiger partial charge is 0.494 e. The molecule has 1 N–H and O–H groups in total. The fourth-order valence-corrected chi connectivity index (χ4v) is 4.11. The molecule has 7 heteroatoms. The highest BCUT2D eigenvalue weighted by Gasteiger charge is 2.23. The number of likely N-dealkylation sites (tertiary alicyclic amines) is 1. The van der Waals surface area contributed by atoms with Crippen LogP contribution in [0.2, 0.25) is 0 Å². The first-order valence-electron chi connectivity index (χ1n) is 9.04. The first kappa shape index (κ1) is 18.6. The summed E-state index contributed by atoms with van der Waals surface area (Å²) >= 11 is 1.80. The fourth-order valence-electron chi connectivity index (χ4n) is 2.99. The molecule has 0 saturated carbocycles. The molecule has 0 unspecified atom stereocenters. The summed E-state index contributed by atoms with van der Waals surface area (Å²) in [6, 6.07) is 7.47. The second-order valence-corrected chi connectivity index (χ2v) is 7.44. The molecule has 1 aliphatic heterocycles. The summed E-state index contributed by atoms with van der Waals surface area (Å²) in [7, 11) is 2.02. The average molecular weight is 375 g/mol. The third-order valence-electron chi connectivity index (χ3n) is 4.54. The maximum atomic E-state index is 12.4. The van der Waals surface area contributed by atoms with Crippen molar-refractivity contribution in [2.45, 2.75) is 24.9 Å². The van der Waals surface area contributed by atoms with Gasteiger partial charge in [-0.2, -0.15) is 0 Å². The van der Waals surface area contributed by atoms with E-state index in [1.165, 1.54) is 0 Å². The van der Waals surface area contributed by atoms with Gasteiger partial charge >= 0.3 is 6.03 Å². The van der Waals surface area contributed by atoms with Gasteiger partial charge in [-0.15, -0.1) is 0 Å². The maximum Gasteiger partial charge on any atom is 0.321 e. The first-order valence-corrected chi connectivity index (χ1v) is 10.0. The zero-order chi connectivity index (χ0) is 18.4. The van der Waals surface area contributed by atoms with Crippen LogP contribution in [0, 0.1) is 5.92 Å². The molecular formula is C19H26N4O2S. The SMILES string of the molecule is CCOc1ccc(NC(=O)N2CCC(CSc3nccn3C)CC2)cc1. The van der Waals surface area contributed by atoms with Crippen LogP contribution in [0.5, 0.6) is 5.75 Å². The van der Waals surface area contributed by atoms with Gasteiger partial charge in [0.2, 0.25) is 0 Å². The Labute approximate surface area is 158 Å². The molecule has 0 radical (unpaired) electrons. The number of nitrogens with zero attached hydrogens (tertiary/aromatic N) is 3. The standard InChI is InChI=1S/C19H26N4O2S/c1-3-25-17-6-4-16(5-7-17)21-18(24)23-11-8-15(9-12-23)14-26-19-20-10-13-22(19)2/h4-7,10,13,15H,3,8-9,11-12,14H2,1-2H3,(H,21,24). The molecule has 140 valence electrons. The lowest BCUT2D eigenvalue weighted by atomic mass is 9.99. The van der Waals surface area contributed by atoms with Crippen molar-refractivity contribution in [1.82, 2.24) is 14.5 Å². The molecule has 3 rings (SSSR count). The smallest absolute Gasteiger partial charge is 0.321 e. The van der Waals surface area contributed by atoms with E-state index >= 15 is 0 Å². The Morgan fingerprint density at radius 3 is 2.65 bits per heavy atom. The number of amides is 2. The number of ether oxygens (including phenoxy) is 1. The van der Waals surface area contributed by atoms with E-state index in [2.05, 4.69) is 10.3 Å². The van der Waals surface area contributed by atoms with E-state index in [1.807, 2.05) is 60.1 Å². The van der Waals surface area contributed by atoms with Crippen LogP contribution in [0.4, 0.5) is 10.5 Å². The molecule has 6 nitrogen and oxygen atoms in total. The lowest BCUT2D eigenvalue weighted by Gasteiger charge is -2.31. The highest BCUT2D eigenvalue weighted by atomic mass is 32.2. The van der Waals surface area contributed by atoms with Gasteiger partial charge in [0.25, 0.3) is 0 Å². The molecule has 1 saturated heterocycles. The van der Waals surface area contributed by atoms with E-state index in [1.54, 1.807) is 11.8 Å². The van der Waals surface area contributed by atoms with Crippen LogP contribution in [-0.4, -0.2) is 45.9 Å². The van der Waals surface area contributed by atoms with Crippen LogP contribution in [0.15, 0.2) is 41.8 Å². The van der Waals surface area contributed by atoms with Crippen molar-refractivity contribution >= 4 is 23.5 Å². The van der Waals surface area contributed by atoms with Crippen LogP contribution in [0.25, 0.3) is 0 Å². The Balaban J connectivity index is 1.42. The molecule has 26 heavy (non-hydrogen) atoms. The van der Waals surface area contributed by atoms with Gasteiger partial charge in [0.05, 0.1) is 6.61 Å². The highest BCUT2D eigenvalue weighted by molar-refractivity contribution is 7.99. The molecular weight excluding hydrogens is 348 g/mol. The Kier molecular flexibility index (Phi) is 6.44. The summed E-state index contributed by atoms with van der Waals surface area (Å²) in [4.78, 5) is 18.7. The van der Waals surface area contributed by atoms with Crippen molar-refractivity contribution in [3.8, 4) is 5.75 Å². The number of benzene rings is 1. The summed E-state index contributed by atoms with van der Waals surface area (Å²) < 4.78 is 7.47. The number of nitrogens with one attached hydrogen (secondary N) is 1. The van der Waals surface area contributed by atoms with E-state index in [9.17, 15) is 4.79 Å². The number of aryl methyl sites for hydroxylation is 1. The molecule has 1 aliphatic rings. The average Bonchev–Trinajstić information content (AvgIpc) is 3.07. The minimum atomic E-state index is -0.0237. The van der Waals surface area contributed by atoms with Gasteiger partial charge in [-0.25, -0.2) is 9.78 Å². The van der Waals surface area contributed by atoms with E-state index in [0.29, 0.717) is 12.5 Å². The number of carbonyl (C=O) groups is 1. The van der Waals surface area contributed by atoms with E-state index < -0.39 is 0 Å². The van der Waals surface area contributed by atoms with Gasteiger partial charge in [0.1, 0.15) is 5.75 Å². The Morgan fingerprint density at radius 2 is 2.04 bits per heavy atom. The third kappa shape index (κ3) is 4.94. The Morgan fingerprint density at radius 1 is 1.31 bits per heavy atom. The van der Waals surface area contributed by atoms with Crippen molar-refractivity contribution in [1.29, 1.82) is 0 Å². The summed E-state index contributed by atoms with van der Waals surface area (Å²) in [5.74, 6) is 2.50.